The lowest BCUT2D eigenvalue weighted by atomic mass is 10.00. The van der Waals surface area contributed by atoms with Crippen molar-refractivity contribution in [3.8, 4) is 0 Å². The Morgan fingerprint density at radius 2 is 1.50 bits per heavy atom. The lowest BCUT2D eigenvalue weighted by Gasteiger charge is -2.14. The second-order valence-electron chi connectivity index (χ2n) is 10.4. The highest BCUT2D eigenvalue weighted by Crippen LogP contribution is 2.17. The van der Waals surface area contributed by atoms with E-state index < -0.39 is 0 Å². The molecule has 3 aromatic rings. The van der Waals surface area contributed by atoms with Gasteiger partial charge in [-0.3, -0.25) is 4.99 Å². The lowest BCUT2D eigenvalue weighted by Crippen LogP contribution is -2.16. The zero-order chi connectivity index (χ0) is 29.3. The third kappa shape index (κ3) is 12.6. The van der Waals surface area contributed by atoms with Crippen LogP contribution >= 0.6 is 0 Å². The number of anilines is 1. The van der Waals surface area contributed by atoms with Gasteiger partial charge < -0.3 is 10.1 Å². The molecule has 1 N–H and O–H groups in total. The molecule has 0 aliphatic rings. The van der Waals surface area contributed by atoms with E-state index in [0.717, 1.165) is 34.8 Å². The Morgan fingerprint density at radius 3 is 2.08 bits per heavy atom. The summed E-state index contributed by atoms with van der Waals surface area (Å²) in [6.07, 6.45) is 9.51. The molecule has 0 aliphatic carbocycles. The van der Waals surface area contributed by atoms with E-state index in [4.69, 9.17) is 9.73 Å². The molecule has 3 nitrogen and oxygen atoms in total. The number of benzene rings is 3. The molecule has 3 rings (SSSR count). The van der Waals surface area contributed by atoms with Crippen LogP contribution in [-0.2, 0) is 11.2 Å². The number of aliphatic imine (C=N–C) groups is 1. The van der Waals surface area contributed by atoms with E-state index in [0.29, 0.717) is 5.92 Å². The van der Waals surface area contributed by atoms with Crippen molar-refractivity contribution < 1.29 is 4.74 Å². The van der Waals surface area contributed by atoms with Crippen LogP contribution in [0.2, 0.25) is 0 Å². The second-order valence-corrected chi connectivity index (χ2v) is 10.4. The van der Waals surface area contributed by atoms with Gasteiger partial charge in [0.15, 0.2) is 0 Å². The lowest BCUT2D eigenvalue weighted by molar-refractivity contribution is 0.205. The normalized spacial score (nSPS) is 12.6. The number of amidine groups is 1. The van der Waals surface area contributed by atoms with Crippen molar-refractivity contribution in [3.63, 3.8) is 0 Å². The van der Waals surface area contributed by atoms with Crippen molar-refractivity contribution in [2.45, 2.75) is 60.1 Å². The van der Waals surface area contributed by atoms with Gasteiger partial charge in [-0.1, -0.05) is 123 Å². The average molecular weight is 535 g/mol. The SMILES string of the molecule is C=C(OC(C)C)c1ccccc1.C=C/C(C)=C\C=C/C(C)Cc1cccc(NC(=NC(C)C)c2ccccc2)c1. The summed E-state index contributed by atoms with van der Waals surface area (Å²) < 4.78 is 5.44. The van der Waals surface area contributed by atoms with Gasteiger partial charge in [0.25, 0.3) is 0 Å². The maximum atomic E-state index is 5.44. The second kappa shape index (κ2) is 17.5. The molecule has 1 atom stereocenters. The van der Waals surface area contributed by atoms with Crippen LogP contribution in [0.25, 0.3) is 5.76 Å². The number of hydrogen-bond donors (Lipinski definition) is 1. The molecule has 0 saturated carbocycles. The first-order valence-corrected chi connectivity index (χ1v) is 14.1. The third-order valence-corrected chi connectivity index (χ3v) is 5.78. The van der Waals surface area contributed by atoms with Gasteiger partial charge in [-0.25, -0.2) is 0 Å². The average Bonchev–Trinajstić information content (AvgIpc) is 2.93. The molecule has 1 unspecified atom stereocenters. The van der Waals surface area contributed by atoms with Gasteiger partial charge in [0.2, 0.25) is 0 Å². The summed E-state index contributed by atoms with van der Waals surface area (Å²) in [5.41, 5.74) is 5.70. The van der Waals surface area contributed by atoms with Gasteiger partial charge in [-0.05, 0) is 64.7 Å². The molecule has 3 heteroatoms. The molecule has 0 aliphatic heterocycles. The zero-order valence-corrected chi connectivity index (χ0v) is 25.1. The van der Waals surface area contributed by atoms with E-state index in [9.17, 15) is 0 Å². The molecule has 0 bridgehead atoms. The number of allylic oxidation sites excluding steroid dienone is 5. The molecule has 0 heterocycles. The monoisotopic (exact) mass is 534 g/mol. The Morgan fingerprint density at radius 1 is 0.875 bits per heavy atom. The van der Waals surface area contributed by atoms with E-state index in [2.05, 4.69) is 101 Å². The fraction of sp³-hybridized carbons (Fsp3) is 0.270. The van der Waals surface area contributed by atoms with Crippen molar-refractivity contribution in [3.05, 3.63) is 145 Å². The van der Waals surface area contributed by atoms with Crippen LogP contribution in [0.1, 0.15) is 58.2 Å². The summed E-state index contributed by atoms with van der Waals surface area (Å²) in [4.78, 5) is 4.78. The van der Waals surface area contributed by atoms with Crippen LogP contribution in [0.4, 0.5) is 5.69 Å². The number of nitrogens with zero attached hydrogens (tertiary/aromatic N) is 1. The van der Waals surface area contributed by atoms with Crippen molar-refractivity contribution in [1.29, 1.82) is 0 Å². The van der Waals surface area contributed by atoms with Gasteiger partial charge in [-0.2, -0.15) is 0 Å². The maximum absolute atomic E-state index is 5.44. The molecule has 0 spiro atoms. The summed E-state index contributed by atoms with van der Waals surface area (Å²) in [6, 6.07) is 29.0. The Balaban J connectivity index is 0.000000389. The first-order chi connectivity index (χ1) is 19.2. The van der Waals surface area contributed by atoms with Gasteiger partial charge >= 0.3 is 0 Å². The summed E-state index contributed by atoms with van der Waals surface area (Å²) in [6.45, 7) is 20.1. The number of hydrogen-bond acceptors (Lipinski definition) is 2. The van der Waals surface area contributed by atoms with E-state index in [1.54, 1.807) is 0 Å². The summed E-state index contributed by atoms with van der Waals surface area (Å²) in [5, 5.41) is 3.52. The standard InChI is InChI=1S/C26H32N2.C11H14O/c1-6-21(4)12-10-13-22(5)18-23-14-11-17-25(19-23)28-26(27-20(2)3)24-15-8-7-9-16-24;1-9(2)12-10(3)11-7-5-4-6-8-11/h6-17,19-20,22H,1,18H2,2-5H3,(H,27,28);4-9H,3H2,1-2H3/b13-10-,21-12-;. The van der Waals surface area contributed by atoms with Gasteiger partial charge in [-0.15, -0.1) is 0 Å². The minimum atomic E-state index is 0.192. The molecule has 0 aromatic heterocycles. The minimum Gasteiger partial charge on any atom is -0.491 e. The van der Waals surface area contributed by atoms with Crippen LogP contribution < -0.4 is 5.32 Å². The molecular formula is C37H46N2O. The topological polar surface area (TPSA) is 33.6 Å². The number of nitrogens with one attached hydrogen (secondary N) is 1. The number of ether oxygens (including phenoxy) is 1. The van der Waals surface area contributed by atoms with Crippen LogP contribution in [0.3, 0.4) is 0 Å². The molecule has 40 heavy (non-hydrogen) atoms. The predicted molar refractivity (Wildman–Crippen MR) is 176 cm³/mol. The van der Waals surface area contributed by atoms with Crippen LogP contribution in [0.15, 0.2) is 133 Å². The van der Waals surface area contributed by atoms with Crippen molar-refractivity contribution >= 4 is 17.3 Å². The fourth-order valence-corrected chi connectivity index (χ4v) is 3.83. The zero-order valence-electron chi connectivity index (χ0n) is 25.1. The Hall–Kier alpha value is -4.11. The van der Waals surface area contributed by atoms with E-state index in [1.165, 1.54) is 11.1 Å². The van der Waals surface area contributed by atoms with Crippen LogP contribution in [0.5, 0.6) is 0 Å². The molecule has 210 valence electrons. The molecule has 0 amide bonds. The quantitative estimate of drug-likeness (QED) is 0.115. The molecule has 0 radical (unpaired) electrons. The number of rotatable bonds is 11. The minimum absolute atomic E-state index is 0.192. The maximum Gasteiger partial charge on any atom is 0.132 e. The van der Waals surface area contributed by atoms with Gasteiger partial charge in [0.1, 0.15) is 11.6 Å². The van der Waals surface area contributed by atoms with E-state index in [1.807, 2.05) is 68.5 Å². The van der Waals surface area contributed by atoms with Gasteiger partial charge in [0, 0.05) is 22.9 Å². The van der Waals surface area contributed by atoms with Crippen LogP contribution in [0, 0.1) is 5.92 Å². The highest BCUT2D eigenvalue weighted by atomic mass is 16.5. The largest absolute Gasteiger partial charge is 0.491 e. The highest BCUT2D eigenvalue weighted by molar-refractivity contribution is 6.08. The van der Waals surface area contributed by atoms with Gasteiger partial charge in [0.05, 0.1) is 6.10 Å². The van der Waals surface area contributed by atoms with Crippen molar-refractivity contribution in [2.75, 3.05) is 5.32 Å². The Kier molecular flexibility index (Phi) is 14.0. The molecule has 0 fully saturated rings. The molecular weight excluding hydrogens is 488 g/mol. The van der Waals surface area contributed by atoms with Crippen molar-refractivity contribution in [2.24, 2.45) is 10.9 Å². The summed E-state index contributed by atoms with van der Waals surface area (Å²) in [5.74, 6) is 2.11. The van der Waals surface area contributed by atoms with Crippen LogP contribution in [-0.4, -0.2) is 18.0 Å². The molecule has 0 saturated heterocycles. The summed E-state index contributed by atoms with van der Waals surface area (Å²) in [7, 11) is 0. The van der Waals surface area contributed by atoms with Crippen molar-refractivity contribution in [1.82, 2.24) is 0 Å². The Labute approximate surface area is 242 Å². The first kappa shape index (κ1) is 32.1. The fourth-order valence-electron chi connectivity index (χ4n) is 3.83. The smallest absolute Gasteiger partial charge is 0.132 e. The first-order valence-electron chi connectivity index (χ1n) is 14.1. The summed E-state index contributed by atoms with van der Waals surface area (Å²) >= 11 is 0. The van der Waals surface area contributed by atoms with E-state index >= 15 is 0 Å². The van der Waals surface area contributed by atoms with E-state index in [-0.39, 0.29) is 12.1 Å². The highest BCUT2D eigenvalue weighted by Gasteiger charge is 2.07. The molecule has 3 aromatic carbocycles. The predicted octanol–water partition coefficient (Wildman–Crippen LogP) is 9.90. The third-order valence-electron chi connectivity index (χ3n) is 5.78. The Bertz CT molecular complexity index is 1270.